The number of epoxide rings is 1. The minimum Gasteiger partial charge on any atom is -0.371 e. The van der Waals surface area contributed by atoms with Gasteiger partial charge in [-0.15, -0.1) is 0 Å². The Bertz CT molecular complexity index is 274. The van der Waals surface area contributed by atoms with E-state index in [1.54, 1.807) is 11.0 Å². The lowest BCUT2D eigenvalue weighted by atomic mass is 10.5. The number of hydrogen-bond acceptors (Lipinski definition) is 3. The van der Waals surface area contributed by atoms with Crippen LogP contribution in [0.2, 0.25) is 0 Å². The number of H-pyrrole nitrogens is 1. The molecule has 1 fully saturated rings. The molecule has 2 heterocycles. The Labute approximate surface area is 62.8 Å². The summed E-state index contributed by atoms with van der Waals surface area (Å²) in [4.78, 5) is 3.86. The van der Waals surface area contributed by atoms with Crippen LogP contribution in [-0.2, 0) is 11.3 Å². The topological polar surface area (TPSA) is 46.1 Å². The van der Waals surface area contributed by atoms with Crippen LogP contribution < -0.4 is 0 Å². The van der Waals surface area contributed by atoms with Gasteiger partial charge in [-0.25, -0.2) is 4.98 Å². The Balaban J connectivity index is 2.16. The second-order valence-electron chi connectivity index (χ2n) is 2.24. The number of aromatic amines is 1. The Hall–Kier alpha value is -0.680. The van der Waals surface area contributed by atoms with Crippen LogP contribution in [-0.4, -0.2) is 27.5 Å². The van der Waals surface area contributed by atoms with Crippen molar-refractivity contribution >= 4 is 12.2 Å². The van der Waals surface area contributed by atoms with Gasteiger partial charge < -0.3 is 4.74 Å². The second kappa shape index (κ2) is 2.17. The average molecular weight is 157 g/mol. The van der Waals surface area contributed by atoms with Crippen LogP contribution in [0.3, 0.4) is 0 Å². The van der Waals surface area contributed by atoms with Gasteiger partial charge in [0.05, 0.1) is 13.2 Å². The van der Waals surface area contributed by atoms with Crippen molar-refractivity contribution in [3.63, 3.8) is 0 Å². The third kappa shape index (κ3) is 1.10. The molecule has 5 heteroatoms. The Morgan fingerprint density at radius 1 is 2.00 bits per heavy atom. The van der Waals surface area contributed by atoms with Gasteiger partial charge in [-0.2, -0.15) is 0 Å². The van der Waals surface area contributed by atoms with E-state index >= 15 is 0 Å². The molecule has 0 saturated carbocycles. The summed E-state index contributed by atoms with van der Waals surface area (Å²) in [5.74, 6) is 0. The molecule has 1 aromatic rings. The van der Waals surface area contributed by atoms with Crippen LogP contribution in [0.5, 0.6) is 0 Å². The molecule has 1 atom stereocenters. The molecule has 1 saturated heterocycles. The molecule has 0 bridgehead atoms. The summed E-state index contributed by atoms with van der Waals surface area (Å²) in [6, 6.07) is 0. The Morgan fingerprint density at radius 3 is 3.30 bits per heavy atom. The first-order valence-electron chi connectivity index (χ1n) is 3.08. The number of rotatable bonds is 2. The van der Waals surface area contributed by atoms with Crippen LogP contribution in [0, 0.1) is 4.77 Å². The first kappa shape index (κ1) is 6.06. The number of ether oxygens (including phenoxy) is 1. The zero-order valence-electron chi connectivity index (χ0n) is 5.28. The zero-order chi connectivity index (χ0) is 6.97. The smallest absolute Gasteiger partial charge is 0.215 e. The fourth-order valence-corrected chi connectivity index (χ4v) is 0.967. The van der Waals surface area contributed by atoms with Crippen molar-refractivity contribution in [1.29, 1.82) is 0 Å². The maximum absolute atomic E-state index is 5.02. The van der Waals surface area contributed by atoms with Gasteiger partial charge in [0.15, 0.2) is 0 Å². The highest BCUT2D eigenvalue weighted by atomic mass is 32.1. The third-order valence-corrected chi connectivity index (χ3v) is 1.73. The van der Waals surface area contributed by atoms with Crippen LogP contribution in [0.25, 0.3) is 0 Å². The fraction of sp³-hybridized carbons (Fsp3) is 0.600. The Morgan fingerprint density at radius 2 is 2.80 bits per heavy atom. The van der Waals surface area contributed by atoms with Crippen molar-refractivity contribution in [3.8, 4) is 0 Å². The quantitative estimate of drug-likeness (QED) is 0.497. The molecule has 2 rings (SSSR count). The molecule has 0 aromatic carbocycles. The van der Waals surface area contributed by atoms with Crippen molar-refractivity contribution in [2.45, 2.75) is 12.6 Å². The van der Waals surface area contributed by atoms with E-state index in [-0.39, 0.29) is 0 Å². The van der Waals surface area contributed by atoms with Gasteiger partial charge in [0.2, 0.25) is 4.77 Å². The maximum atomic E-state index is 5.02. The standard InChI is InChI=1S/C5H7N3OS/c10-5-6-3-7-8(5)1-4-2-9-4/h3-4H,1-2H2,(H,6,7,10). The monoisotopic (exact) mass is 157 g/mol. The molecule has 1 aromatic heterocycles. The summed E-state index contributed by atoms with van der Waals surface area (Å²) in [6.07, 6.45) is 1.94. The molecule has 10 heavy (non-hydrogen) atoms. The molecule has 1 aliphatic rings. The largest absolute Gasteiger partial charge is 0.371 e. The van der Waals surface area contributed by atoms with E-state index < -0.39 is 0 Å². The minimum atomic E-state index is 0.354. The average Bonchev–Trinajstić information content (AvgIpc) is 2.62. The van der Waals surface area contributed by atoms with Gasteiger partial charge in [-0.1, -0.05) is 0 Å². The van der Waals surface area contributed by atoms with E-state index in [0.29, 0.717) is 10.9 Å². The maximum Gasteiger partial charge on any atom is 0.215 e. The highest BCUT2D eigenvalue weighted by Crippen LogP contribution is 2.10. The van der Waals surface area contributed by atoms with Crippen molar-refractivity contribution in [1.82, 2.24) is 14.8 Å². The van der Waals surface area contributed by atoms with Gasteiger partial charge in [-0.3, -0.25) is 9.78 Å². The predicted octanol–water partition coefficient (Wildman–Crippen LogP) is 0.339. The van der Waals surface area contributed by atoms with Gasteiger partial charge in [0.1, 0.15) is 12.4 Å². The Kier molecular flexibility index (Phi) is 1.32. The van der Waals surface area contributed by atoms with E-state index in [1.165, 1.54) is 0 Å². The first-order valence-corrected chi connectivity index (χ1v) is 3.49. The molecule has 54 valence electrons. The third-order valence-electron chi connectivity index (χ3n) is 1.41. The van der Waals surface area contributed by atoms with E-state index in [0.717, 1.165) is 13.2 Å². The van der Waals surface area contributed by atoms with Crippen molar-refractivity contribution in [2.24, 2.45) is 0 Å². The first-order chi connectivity index (χ1) is 4.86. The van der Waals surface area contributed by atoms with Crippen LogP contribution >= 0.6 is 12.2 Å². The lowest BCUT2D eigenvalue weighted by molar-refractivity contribution is 0.372. The van der Waals surface area contributed by atoms with Gasteiger partial charge in [0, 0.05) is 0 Å². The minimum absolute atomic E-state index is 0.354. The van der Waals surface area contributed by atoms with Crippen LogP contribution in [0.1, 0.15) is 0 Å². The number of hydrogen-bond donors (Lipinski definition) is 1. The fourth-order valence-electron chi connectivity index (χ4n) is 0.787. The number of nitrogens with zero attached hydrogens (tertiary/aromatic N) is 2. The van der Waals surface area contributed by atoms with E-state index in [9.17, 15) is 0 Å². The van der Waals surface area contributed by atoms with Crippen molar-refractivity contribution < 1.29 is 4.74 Å². The summed E-state index contributed by atoms with van der Waals surface area (Å²) in [5.41, 5.74) is 0. The highest BCUT2D eigenvalue weighted by molar-refractivity contribution is 7.71. The molecular weight excluding hydrogens is 150 g/mol. The van der Waals surface area contributed by atoms with E-state index in [2.05, 4.69) is 10.1 Å². The highest BCUT2D eigenvalue weighted by Gasteiger charge is 2.23. The van der Waals surface area contributed by atoms with Crippen LogP contribution in [0.4, 0.5) is 0 Å². The van der Waals surface area contributed by atoms with Crippen molar-refractivity contribution in [2.75, 3.05) is 6.61 Å². The molecule has 1 aliphatic heterocycles. The van der Waals surface area contributed by atoms with E-state index in [4.69, 9.17) is 17.0 Å². The molecule has 0 spiro atoms. The lowest BCUT2D eigenvalue weighted by Gasteiger charge is -1.94. The molecule has 4 nitrogen and oxygen atoms in total. The lowest BCUT2D eigenvalue weighted by Crippen LogP contribution is -2.05. The van der Waals surface area contributed by atoms with Gasteiger partial charge in [-0.05, 0) is 12.2 Å². The van der Waals surface area contributed by atoms with Crippen LogP contribution in [0.15, 0.2) is 6.33 Å². The van der Waals surface area contributed by atoms with Gasteiger partial charge in [0.25, 0.3) is 0 Å². The molecule has 0 radical (unpaired) electrons. The van der Waals surface area contributed by atoms with Crippen molar-refractivity contribution in [3.05, 3.63) is 11.1 Å². The summed E-state index contributed by atoms with van der Waals surface area (Å²) in [6.45, 7) is 1.65. The van der Waals surface area contributed by atoms with Gasteiger partial charge >= 0.3 is 0 Å². The SMILES string of the molecule is S=c1nc[nH]n1CC1CO1. The number of nitrogens with one attached hydrogen (secondary N) is 1. The molecule has 0 amide bonds. The summed E-state index contributed by atoms with van der Waals surface area (Å²) >= 11 is 4.90. The van der Waals surface area contributed by atoms with E-state index in [1.807, 2.05) is 0 Å². The number of aromatic nitrogens is 3. The normalized spacial score (nSPS) is 23.0. The summed E-state index contributed by atoms with van der Waals surface area (Å²) in [5, 5.41) is 2.90. The second-order valence-corrected chi connectivity index (χ2v) is 2.60. The summed E-state index contributed by atoms with van der Waals surface area (Å²) in [7, 11) is 0. The summed E-state index contributed by atoms with van der Waals surface area (Å²) < 4.78 is 7.41. The molecular formula is C5H7N3OS. The zero-order valence-corrected chi connectivity index (χ0v) is 6.10. The molecule has 1 N–H and O–H groups in total. The molecule has 0 aliphatic carbocycles. The molecule has 1 unspecified atom stereocenters. The predicted molar refractivity (Wildman–Crippen MR) is 37.2 cm³/mol.